The predicted molar refractivity (Wildman–Crippen MR) is 92.6 cm³/mol. The molecule has 0 spiro atoms. The Balaban J connectivity index is 1.57. The van der Waals surface area contributed by atoms with Crippen molar-refractivity contribution in [2.24, 2.45) is 0 Å². The fourth-order valence-corrected chi connectivity index (χ4v) is 2.89. The second kappa shape index (κ2) is 8.62. The Labute approximate surface area is 156 Å². The van der Waals surface area contributed by atoms with E-state index in [1.54, 1.807) is 25.3 Å². The van der Waals surface area contributed by atoms with Crippen LogP contribution in [0.5, 0.6) is 5.75 Å². The summed E-state index contributed by atoms with van der Waals surface area (Å²) < 4.78 is 35.4. The van der Waals surface area contributed by atoms with Gasteiger partial charge < -0.3 is 14.5 Å². The minimum Gasteiger partial charge on any atom is -0.467 e. The molecule has 0 bridgehead atoms. The summed E-state index contributed by atoms with van der Waals surface area (Å²) in [7, 11) is 0. The third kappa shape index (κ3) is 5.26. The van der Waals surface area contributed by atoms with E-state index in [2.05, 4.69) is 25.6 Å². The summed E-state index contributed by atoms with van der Waals surface area (Å²) in [5, 5.41) is 14.1. The van der Waals surface area contributed by atoms with Gasteiger partial charge in [-0.15, -0.1) is 5.10 Å². The Bertz CT molecular complexity index is 871. The molecule has 1 N–H and O–H groups in total. The number of halogens is 2. The summed E-state index contributed by atoms with van der Waals surface area (Å²) >= 11 is 1.19. The molecule has 2 heterocycles. The van der Waals surface area contributed by atoms with Crippen molar-refractivity contribution in [1.82, 2.24) is 20.2 Å². The average molecular weight is 395 g/mol. The number of nitrogens with one attached hydrogen (secondary N) is 1. The lowest BCUT2D eigenvalue weighted by Crippen LogP contribution is -2.23. The highest BCUT2D eigenvalue weighted by Gasteiger charge is 2.19. The van der Waals surface area contributed by atoms with Gasteiger partial charge in [0.15, 0.2) is 0 Å². The Morgan fingerprint density at radius 1 is 1.33 bits per heavy atom. The molecule has 142 valence electrons. The molecule has 1 aromatic carbocycles. The second-order valence-electron chi connectivity index (χ2n) is 5.35. The largest absolute Gasteiger partial charge is 0.467 e. The van der Waals surface area contributed by atoms with Crippen molar-refractivity contribution in [3.63, 3.8) is 0 Å². The summed E-state index contributed by atoms with van der Waals surface area (Å²) in [5.41, 5.74) is 0.462. The molecule has 0 saturated carbocycles. The minimum atomic E-state index is -2.89. The van der Waals surface area contributed by atoms with Crippen molar-refractivity contribution in [2.75, 3.05) is 5.32 Å². The zero-order valence-electron chi connectivity index (χ0n) is 14.1. The van der Waals surface area contributed by atoms with Gasteiger partial charge >= 0.3 is 6.61 Å². The number of furan rings is 1. The number of tetrazole rings is 1. The molecule has 1 unspecified atom stereocenters. The summed E-state index contributed by atoms with van der Waals surface area (Å²) in [6, 6.07) is 9.22. The third-order valence-electron chi connectivity index (χ3n) is 3.38. The number of carbonyl (C=O) groups is 1. The molecular weight excluding hydrogens is 380 g/mol. The predicted octanol–water partition coefficient (Wildman–Crippen LogP) is 3.04. The van der Waals surface area contributed by atoms with Gasteiger partial charge in [0.25, 0.3) is 0 Å². The zero-order chi connectivity index (χ0) is 19.2. The lowest BCUT2D eigenvalue weighted by Gasteiger charge is -2.12. The van der Waals surface area contributed by atoms with Crippen molar-refractivity contribution in [3.8, 4) is 5.75 Å². The number of alkyl halides is 2. The standard InChI is InChI=1S/C16H15F2N5O3S/c1-10(14(24)19-11-4-6-12(7-5-11)26-15(17)18)27-16-20-21-22-23(16)9-13-3-2-8-25-13/h2-8,10,15H,9H2,1H3,(H,19,24). The topological polar surface area (TPSA) is 95.1 Å². The van der Waals surface area contributed by atoms with Crippen LogP contribution in [0.2, 0.25) is 0 Å². The maximum Gasteiger partial charge on any atom is 0.387 e. The SMILES string of the molecule is CC(Sc1nnnn1Cc1ccco1)C(=O)Nc1ccc(OC(F)F)cc1. The van der Waals surface area contributed by atoms with E-state index in [0.29, 0.717) is 23.1 Å². The number of anilines is 1. The Hall–Kier alpha value is -2.95. The zero-order valence-corrected chi connectivity index (χ0v) is 14.9. The van der Waals surface area contributed by atoms with E-state index >= 15 is 0 Å². The fourth-order valence-electron chi connectivity index (χ4n) is 2.11. The molecule has 27 heavy (non-hydrogen) atoms. The van der Waals surface area contributed by atoms with Crippen LogP contribution >= 0.6 is 11.8 Å². The quantitative estimate of drug-likeness (QED) is 0.586. The van der Waals surface area contributed by atoms with Crippen LogP contribution in [0.1, 0.15) is 12.7 Å². The number of amides is 1. The molecule has 8 nitrogen and oxygen atoms in total. The first-order valence-electron chi connectivity index (χ1n) is 7.82. The van der Waals surface area contributed by atoms with Crippen molar-refractivity contribution < 1.29 is 22.7 Å². The third-order valence-corrected chi connectivity index (χ3v) is 4.45. The highest BCUT2D eigenvalue weighted by Crippen LogP contribution is 2.23. The number of thioether (sulfide) groups is 1. The Morgan fingerprint density at radius 3 is 2.78 bits per heavy atom. The summed E-state index contributed by atoms with van der Waals surface area (Å²) in [4.78, 5) is 12.4. The lowest BCUT2D eigenvalue weighted by atomic mass is 10.3. The number of rotatable bonds is 8. The van der Waals surface area contributed by atoms with Crippen LogP contribution in [0.25, 0.3) is 0 Å². The van der Waals surface area contributed by atoms with Gasteiger partial charge in [0, 0.05) is 5.69 Å². The maximum atomic E-state index is 12.4. The monoisotopic (exact) mass is 395 g/mol. The fraction of sp³-hybridized carbons (Fsp3) is 0.250. The Kier molecular flexibility index (Phi) is 6.01. The van der Waals surface area contributed by atoms with Crippen LogP contribution in [-0.4, -0.2) is 38.0 Å². The summed E-state index contributed by atoms with van der Waals surface area (Å²) in [6.45, 7) is -0.836. The smallest absolute Gasteiger partial charge is 0.387 e. The molecule has 0 aliphatic rings. The first-order chi connectivity index (χ1) is 13.0. The lowest BCUT2D eigenvalue weighted by molar-refractivity contribution is -0.115. The first kappa shape index (κ1) is 18.8. The van der Waals surface area contributed by atoms with Crippen LogP contribution in [0.15, 0.2) is 52.2 Å². The van der Waals surface area contributed by atoms with Crippen molar-refractivity contribution in [3.05, 3.63) is 48.4 Å². The molecule has 3 rings (SSSR count). The number of nitrogens with zero attached hydrogens (tertiary/aromatic N) is 4. The van der Waals surface area contributed by atoms with Crippen LogP contribution < -0.4 is 10.1 Å². The van der Waals surface area contributed by atoms with Gasteiger partial charge in [-0.1, -0.05) is 11.8 Å². The van der Waals surface area contributed by atoms with Gasteiger partial charge in [-0.3, -0.25) is 4.79 Å². The highest BCUT2D eigenvalue weighted by atomic mass is 32.2. The molecular formula is C16H15F2N5O3S. The molecule has 11 heteroatoms. The summed E-state index contributed by atoms with van der Waals surface area (Å²) in [5.74, 6) is 0.421. The van der Waals surface area contributed by atoms with E-state index in [4.69, 9.17) is 4.42 Å². The molecule has 0 radical (unpaired) electrons. The van der Waals surface area contributed by atoms with E-state index < -0.39 is 11.9 Å². The molecule has 0 aliphatic heterocycles. The van der Waals surface area contributed by atoms with Gasteiger partial charge in [0.1, 0.15) is 18.1 Å². The minimum absolute atomic E-state index is 0.0162. The number of benzene rings is 1. The molecule has 3 aromatic rings. The van der Waals surface area contributed by atoms with Crippen molar-refractivity contribution in [2.45, 2.75) is 30.5 Å². The highest BCUT2D eigenvalue weighted by molar-refractivity contribution is 8.00. The van der Waals surface area contributed by atoms with Gasteiger partial charge in [0.05, 0.1) is 11.5 Å². The molecule has 1 atom stereocenters. The Morgan fingerprint density at radius 2 is 2.11 bits per heavy atom. The van der Waals surface area contributed by atoms with Crippen LogP contribution in [0.4, 0.5) is 14.5 Å². The molecule has 1 amide bonds. The van der Waals surface area contributed by atoms with E-state index in [0.717, 1.165) is 0 Å². The van der Waals surface area contributed by atoms with Crippen LogP contribution in [0, 0.1) is 0 Å². The van der Waals surface area contributed by atoms with Gasteiger partial charge in [0.2, 0.25) is 11.1 Å². The van der Waals surface area contributed by atoms with E-state index in [-0.39, 0.29) is 11.7 Å². The van der Waals surface area contributed by atoms with Gasteiger partial charge in [-0.25, -0.2) is 4.68 Å². The average Bonchev–Trinajstić information content (AvgIpc) is 3.29. The number of ether oxygens (including phenoxy) is 1. The van der Waals surface area contributed by atoms with Gasteiger partial charge in [-0.2, -0.15) is 8.78 Å². The van der Waals surface area contributed by atoms with E-state index in [9.17, 15) is 13.6 Å². The van der Waals surface area contributed by atoms with Crippen molar-refractivity contribution in [1.29, 1.82) is 0 Å². The van der Waals surface area contributed by atoms with Gasteiger partial charge in [-0.05, 0) is 53.7 Å². The number of hydrogen-bond acceptors (Lipinski definition) is 7. The normalized spacial score (nSPS) is 12.1. The van der Waals surface area contributed by atoms with E-state index in [1.807, 2.05) is 0 Å². The molecule has 0 fully saturated rings. The molecule has 0 saturated heterocycles. The van der Waals surface area contributed by atoms with Crippen molar-refractivity contribution >= 4 is 23.4 Å². The molecule has 2 aromatic heterocycles. The number of carbonyl (C=O) groups excluding carboxylic acids is 1. The summed E-state index contributed by atoms with van der Waals surface area (Å²) in [6.07, 6.45) is 1.56. The first-order valence-corrected chi connectivity index (χ1v) is 8.70. The number of aromatic nitrogens is 4. The van der Waals surface area contributed by atoms with Crippen LogP contribution in [-0.2, 0) is 11.3 Å². The van der Waals surface area contributed by atoms with Crippen LogP contribution in [0.3, 0.4) is 0 Å². The second-order valence-corrected chi connectivity index (χ2v) is 6.66. The van der Waals surface area contributed by atoms with E-state index in [1.165, 1.54) is 40.7 Å². The molecule has 0 aliphatic carbocycles. The maximum absolute atomic E-state index is 12.4. The number of hydrogen-bond donors (Lipinski definition) is 1.